The molecule has 4 aromatic rings. The number of aromatic nitrogens is 4. The average molecular weight is 461 g/mol. The molecule has 0 atom stereocenters. The lowest BCUT2D eigenvalue weighted by molar-refractivity contribution is 0.0588. The third kappa shape index (κ3) is 3.99. The largest absolute Gasteiger partial charge is 0.443 e. The van der Waals surface area contributed by atoms with E-state index in [0.717, 1.165) is 16.5 Å². The van der Waals surface area contributed by atoms with E-state index in [1.54, 1.807) is 46.3 Å². The topological polar surface area (TPSA) is 99.8 Å². The quantitative estimate of drug-likeness (QED) is 0.421. The second-order valence-corrected chi connectivity index (χ2v) is 9.06. The van der Waals surface area contributed by atoms with Gasteiger partial charge in [-0.15, -0.1) is 6.58 Å². The number of benzene rings is 1. The van der Waals surface area contributed by atoms with Gasteiger partial charge in [0.2, 0.25) is 0 Å². The van der Waals surface area contributed by atoms with Gasteiger partial charge in [-0.2, -0.15) is 5.26 Å². The molecule has 3 heterocycles. The summed E-state index contributed by atoms with van der Waals surface area (Å²) in [5, 5.41) is 10.1. The molecule has 8 nitrogen and oxygen atoms in total. The number of halogens is 1. The molecule has 9 heteroatoms. The predicted octanol–water partition coefficient (Wildman–Crippen LogP) is 5.23. The first-order chi connectivity index (χ1) is 16.0. The van der Waals surface area contributed by atoms with Crippen LogP contribution in [0.3, 0.4) is 0 Å². The van der Waals surface area contributed by atoms with E-state index in [-0.39, 0.29) is 5.56 Å². The maximum Gasteiger partial charge on any atom is 0.415 e. The number of fused-ring (bicyclic) bond motifs is 3. The molecule has 0 aliphatic rings. The fourth-order valence-electron chi connectivity index (χ4n) is 3.95. The summed E-state index contributed by atoms with van der Waals surface area (Å²) in [6.07, 6.45) is 3.31. The van der Waals surface area contributed by atoms with E-state index >= 15 is 0 Å². The number of pyridine rings is 1. The van der Waals surface area contributed by atoms with Crippen molar-refractivity contribution in [1.82, 2.24) is 19.5 Å². The zero-order valence-corrected chi connectivity index (χ0v) is 19.7. The molecule has 0 saturated heterocycles. The van der Waals surface area contributed by atoms with Crippen molar-refractivity contribution in [2.24, 2.45) is 7.05 Å². The molecule has 1 aromatic carbocycles. The van der Waals surface area contributed by atoms with E-state index in [4.69, 9.17) is 9.72 Å². The van der Waals surface area contributed by atoms with Gasteiger partial charge in [-0.25, -0.2) is 19.2 Å². The summed E-state index contributed by atoms with van der Waals surface area (Å²) in [6.45, 7) is 9.24. The highest BCUT2D eigenvalue weighted by Crippen LogP contribution is 2.38. The molecule has 1 N–H and O–H groups in total. The van der Waals surface area contributed by atoms with Crippen molar-refractivity contribution in [3.8, 4) is 17.3 Å². The average Bonchev–Trinajstić information content (AvgIpc) is 3.32. The van der Waals surface area contributed by atoms with Gasteiger partial charge in [0.25, 0.3) is 0 Å². The van der Waals surface area contributed by atoms with Crippen LogP contribution in [0.25, 0.3) is 33.3 Å². The second-order valence-electron chi connectivity index (χ2n) is 9.06. The van der Waals surface area contributed by atoms with E-state index in [1.165, 1.54) is 17.0 Å². The van der Waals surface area contributed by atoms with Gasteiger partial charge in [-0.1, -0.05) is 6.08 Å². The second kappa shape index (κ2) is 8.30. The third-order valence-electron chi connectivity index (χ3n) is 5.34. The molecule has 0 saturated carbocycles. The number of aromatic amines is 1. The minimum absolute atomic E-state index is 0.210. The fourth-order valence-corrected chi connectivity index (χ4v) is 3.95. The number of carbonyl (C=O) groups is 1. The summed E-state index contributed by atoms with van der Waals surface area (Å²) in [6, 6.07) is 6.16. The van der Waals surface area contributed by atoms with Gasteiger partial charge in [0, 0.05) is 25.0 Å². The summed E-state index contributed by atoms with van der Waals surface area (Å²) >= 11 is 0. The van der Waals surface area contributed by atoms with Gasteiger partial charge < -0.3 is 14.3 Å². The van der Waals surface area contributed by atoms with Crippen LogP contribution in [0.5, 0.6) is 0 Å². The highest BCUT2D eigenvalue weighted by Gasteiger charge is 2.27. The lowest BCUT2D eigenvalue weighted by atomic mass is 10.0. The molecule has 0 fully saturated rings. The van der Waals surface area contributed by atoms with Gasteiger partial charge in [0.1, 0.15) is 22.6 Å². The SMILES string of the molecule is C=CCc1c(-c2cc(F)cc(C#N)c2)[nH]c2nc(N(C)C(=O)OC(C)(C)C)c3ncn(C)c3c12. The number of carbonyl (C=O) groups excluding carboxylic acids is 1. The number of aryl methyl sites for hydroxylation is 1. The van der Waals surface area contributed by atoms with Crippen molar-refractivity contribution in [3.05, 3.63) is 54.1 Å². The molecule has 3 aromatic heterocycles. The molecule has 0 aliphatic heterocycles. The first-order valence-corrected chi connectivity index (χ1v) is 10.7. The van der Waals surface area contributed by atoms with Crippen LogP contribution in [-0.4, -0.2) is 38.3 Å². The number of H-pyrrole nitrogens is 1. The monoisotopic (exact) mass is 460 g/mol. The molecule has 1 amide bonds. The Balaban J connectivity index is 2.02. The first-order valence-electron chi connectivity index (χ1n) is 10.7. The number of imidazole rings is 1. The number of nitrogens with zero attached hydrogens (tertiary/aromatic N) is 5. The predicted molar refractivity (Wildman–Crippen MR) is 129 cm³/mol. The van der Waals surface area contributed by atoms with Crippen LogP contribution in [0.15, 0.2) is 37.2 Å². The van der Waals surface area contributed by atoms with Gasteiger partial charge >= 0.3 is 6.09 Å². The van der Waals surface area contributed by atoms with Crippen molar-refractivity contribution < 1.29 is 13.9 Å². The van der Waals surface area contributed by atoms with E-state index in [9.17, 15) is 14.4 Å². The Morgan fingerprint density at radius 1 is 1.38 bits per heavy atom. The van der Waals surface area contributed by atoms with E-state index in [2.05, 4.69) is 16.5 Å². The Morgan fingerprint density at radius 2 is 2.12 bits per heavy atom. The summed E-state index contributed by atoms with van der Waals surface area (Å²) in [5.41, 5.74) is 3.29. The Kier molecular flexibility index (Phi) is 5.61. The molecule has 0 bridgehead atoms. The summed E-state index contributed by atoms with van der Waals surface area (Å²) in [7, 11) is 3.43. The van der Waals surface area contributed by atoms with Gasteiger partial charge in [0.15, 0.2) is 5.82 Å². The van der Waals surface area contributed by atoms with Crippen LogP contribution >= 0.6 is 0 Å². The van der Waals surface area contributed by atoms with Crippen molar-refractivity contribution in [2.75, 3.05) is 11.9 Å². The van der Waals surface area contributed by atoms with E-state index < -0.39 is 17.5 Å². The highest BCUT2D eigenvalue weighted by molar-refractivity contribution is 6.11. The molecule has 0 aliphatic carbocycles. The Bertz CT molecular complexity index is 1490. The number of nitriles is 1. The normalized spacial score (nSPS) is 11.6. The third-order valence-corrected chi connectivity index (χ3v) is 5.34. The van der Waals surface area contributed by atoms with Crippen molar-refractivity contribution in [2.45, 2.75) is 32.8 Å². The maximum atomic E-state index is 14.3. The summed E-state index contributed by atoms with van der Waals surface area (Å²) < 4.78 is 21.6. The number of nitrogens with one attached hydrogen (secondary N) is 1. The summed E-state index contributed by atoms with van der Waals surface area (Å²) in [4.78, 5) is 26.6. The van der Waals surface area contributed by atoms with Crippen LogP contribution in [0.2, 0.25) is 0 Å². The van der Waals surface area contributed by atoms with Gasteiger partial charge in [-0.3, -0.25) is 4.90 Å². The number of hydrogen-bond acceptors (Lipinski definition) is 5. The van der Waals surface area contributed by atoms with E-state index in [1.807, 2.05) is 17.7 Å². The molecular formula is C25H25FN6O2. The molecule has 0 spiro atoms. The highest BCUT2D eigenvalue weighted by atomic mass is 19.1. The zero-order valence-electron chi connectivity index (χ0n) is 19.7. The number of hydrogen-bond donors (Lipinski definition) is 1. The molecule has 0 radical (unpaired) electrons. The Labute approximate surface area is 196 Å². The lowest BCUT2D eigenvalue weighted by Crippen LogP contribution is -2.34. The Morgan fingerprint density at radius 3 is 2.76 bits per heavy atom. The number of allylic oxidation sites excluding steroid dienone is 1. The summed E-state index contributed by atoms with van der Waals surface area (Å²) in [5.74, 6) is -0.187. The minimum atomic E-state index is -0.675. The fraction of sp³-hybridized carbons (Fsp3) is 0.280. The molecule has 34 heavy (non-hydrogen) atoms. The number of ether oxygens (including phenoxy) is 1. The zero-order chi connectivity index (χ0) is 24.8. The van der Waals surface area contributed by atoms with Crippen LogP contribution in [0, 0.1) is 17.1 Å². The number of rotatable bonds is 4. The van der Waals surface area contributed by atoms with Crippen molar-refractivity contribution >= 4 is 34.0 Å². The molecule has 174 valence electrons. The molecular weight excluding hydrogens is 435 g/mol. The lowest BCUT2D eigenvalue weighted by Gasteiger charge is -2.24. The first kappa shape index (κ1) is 23.0. The molecule has 0 unspecified atom stereocenters. The molecule has 4 rings (SSSR count). The van der Waals surface area contributed by atoms with Crippen molar-refractivity contribution in [1.29, 1.82) is 5.26 Å². The van der Waals surface area contributed by atoms with Crippen molar-refractivity contribution in [3.63, 3.8) is 0 Å². The minimum Gasteiger partial charge on any atom is -0.443 e. The van der Waals surface area contributed by atoms with Crippen LogP contribution in [0.4, 0.5) is 15.0 Å². The Hall–Kier alpha value is -4.19. The van der Waals surface area contributed by atoms with Crippen LogP contribution in [-0.2, 0) is 18.2 Å². The standard InChI is InChI=1S/C25H25FN6O2/c1-7-8-17-18-21-20(28-13-31(21)5)23(32(6)24(33)34-25(2,3)4)30-22(18)29-19(17)15-9-14(12-27)10-16(26)11-15/h7,9-11,13H,1,8H2,2-6H3,(H,29,30). The van der Waals surface area contributed by atoms with Crippen LogP contribution < -0.4 is 4.90 Å². The number of anilines is 1. The number of amides is 1. The van der Waals surface area contributed by atoms with Gasteiger partial charge in [0.05, 0.1) is 29.2 Å². The maximum absolute atomic E-state index is 14.3. The smallest absolute Gasteiger partial charge is 0.415 e. The van der Waals surface area contributed by atoms with Gasteiger partial charge in [-0.05, 0) is 51.0 Å². The van der Waals surface area contributed by atoms with Crippen LogP contribution in [0.1, 0.15) is 31.9 Å². The van der Waals surface area contributed by atoms with E-state index in [0.29, 0.717) is 34.7 Å².